The van der Waals surface area contributed by atoms with E-state index in [2.05, 4.69) is 0 Å². The van der Waals surface area contributed by atoms with Gasteiger partial charge >= 0.3 is 6.18 Å². The highest BCUT2D eigenvalue weighted by atomic mass is 19.4. The number of hydrogen-bond donors (Lipinski definition) is 1. The molecule has 1 fully saturated rings. The van der Waals surface area contributed by atoms with Crippen LogP contribution in [0.5, 0.6) is 0 Å². The monoisotopic (exact) mass is 286 g/mol. The Morgan fingerprint density at radius 2 is 1.75 bits per heavy atom. The topological polar surface area (TPSA) is 29.3 Å². The number of nitrogens with two attached hydrogens (primary N) is 1. The van der Waals surface area contributed by atoms with Crippen molar-refractivity contribution < 1.29 is 13.2 Å². The van der Waals surface area contributed by atoms with Gasteiger partial charge in [0.15, 0.2) is 0 Å². The van der Waals surface area contributed by atoms with Crippen LogP contribution >= 0.6 is 0 Å². The lowest BCUT2D eigenvalue weighted by molar-refractivity contribution is -0.185. The van der Waals surface area contributed by atoms with E-state index in [1.807, 2.05) is 36.1 Å². The van der Waals surface area contributed by atoms with Crippen molar-refractivity contribution in [1.29, 1.82) is 0 Å². The maximum atomic E-state index is 12.6. The summed E-state index contributed by atoms with van der Waals surface area (Å²) < 4.78 is 37.8. The molecule has 20 heavy (non-hydrogen) atoms. The maximum Gasteiger partial charge on any atom is 0.391 e. The van der Waals surface area contributed by atoms with Crippen molar-refractivity contribution in [2.24, 2.45) is 11.7 Å². The molecule has 0 amide bonds. The van der Waals surface area contributed by atoms with Crippen LogP contribution in [0.2, 0.25) is 0 Å². The highest BCUT2D eigenvalue weighted by molar-refractivity contribution is 5.24. The van der Waals surface area contributed by atoms with Crippen LogP contribution in [-0.2, 0) is 0 Å². The summed E-state index contributed by atoms with van der Waals surface area (Å²) in [7, 11) is 0. The number of likely N-dealkylation sites (tertiary alicyclic amines) is 1. The fraction of sp³-hybridized carbons (Fsp3) is 0.600. The van der Waals surface area contributed by atoms with E-state index in [-0.39, 0.29) is 18.9 Å². The zero-order valence-corrected chi connectivity index (χ0v) is 11.7. The molecule has 2 rings (SSSR count). The molecule has 112 valence electrons. The fourth-order valence-electron chi connectivity index (χ4n) is 2.64. The van der Waals surface area contributed by atoms with E-state index in [1.54, 1.807) is 0 Å². The second-order valence-electron chi connectivity index (χ2n) is 5.63. The number of piperidine rings is 1. The molecule has 1 saturated heterocycles. The van der Waals surface area contributed by atoms with Gasteiger partial charge in [0.1, 0.15) is 0 Å². The average Bonchev–Trinajstić information content (AvgIpc) is 2.39. The lowest BCUT2D eigenvalue weighted by atomic mass is 9.95. The first-order chi connectivity index (χ1) is 9.36. The Bertz CT molecular complexity index is 420. The number of hydrogen-bond acceptors (Lipinski definition) is 2. The number of alkyl halides is 3. The molecule has 2 nitrogen and oxygen atoms in total. The molecule has 1 aromatic rings. The zero-order valence-electron chi connectivity index (χ0n) is 11.7. The molecule has 0 aromatic heterocycles. The van der Waals surface area contributed by atoms with Gasteiger partial charge in [0, 0.05) is 12.6 Å². The Hall–Kier alpha value is -1.07. The quantitative estimate of drug-likeness (QED) is 0.924. The molecule has 5 heteroatoms. The van der Waals surface area contributed by atoms with Crippen LogP contribution in [-0.4, -0.2) is 30.7 Å². The summed E-state index contributed by atoms with van der Waals surface area (Å²) in [6.07, 6.45) is -3.68. The number of aryl methyl sites for hydroxylation is 1. The van der Waals surface area contributed by atoms with Crippen LogP contribution < -0.4 is 5.73 Å². The summed E-state index contributed by atoms with van der Waals surface area (Å²) in [5.74, 6) is -1.14. The maximum absolute atomic E-state index is 12.6. The lowest BCUT2D eigenvalue weighted by Gasteiger charge is -2.34. The molecule has 0 bridgehead atoms. The minimum absolute atomic E-state index is 0.141. The third-order valence-electron chi connectivity index (χ3n) is 4.01. The minimum atomic E-state index is -4.05. The number of rotatable bonds is 3. The second kappa shape index (κ2) is 6.14. The van der Waals surface area contributed by atoms with Crippen molar-refractivity contribution >= 4 is 0 Å². The summed E-state index contributed by atoms with van der Waals surface area (Å²) >= 11 is 0. The Kier molecular flexibility index (Phi) is 4.70. The van der Waals surface area contributed by atoms with Crippen molar-refractivity contribution in [3.63, 3.8) is 0 Å². The van der Waals surface area contributed by atoms with Crippen LogP contribution in [0.25, 0.3) is 0 Å². The minimum Gasteiger partial charge on any atom is -0.323 e. The van der Waals surface area contributed by atoms with E-state index in [4.69, 9.17) is 5.73 Å². The molecule has 1 aliphatic rings. The number of benzene rings is 1. The van der Waals surface area contributed by atoms with Crippen LogP contribution in [0.3, 0.4) is 0 Å². The number of nitrogens with zero attached hydrogens (tertiary/aromatic N) is 1. The van der Waals surface area contributed by atoms with Gasteiger partial charge < -0.3 is 10.6 Å². The van der Waals surface area contributed by atoms with Gasteiger partial charge in [0.05, 0.1) is 5.92 Å². The Balaban J connectivity index is 1.85. The van der Waals surface area contributed by atoms with Crippen LogP contribution in [0.1, 0.15) is 30.0 Å². The van der Waals surface area contributed by atoms with Crippen molar-refractivity contribution in [3.8, 4) is 0 Å². The molecule has 1 unspecified atom stereocenters. The molecule has 2 N–H and O–H groups in total. The summed E-state index contributed by atoms with van der Waals surface area (Å²) in [5.41, 5.74) is 8.34. The summed E-state index contributed by atoms with van der Waals surface area (Å²) in [4.78, 5) is 2.03. The van der Waals surface area contributed by atoms with Gasteiger partial charge in [-0.25, -0.2) is 0 Å². The average molecular weight is 286 g/mol. The Morgan fingerprint density at radius 3 is 2.25 bits per heavy atom. The number of halogens is 3. The summed E-state index contributed by atoms with van der Waals surface area (Å²) in [6, 6.07) is 7.85. The van der Waals surface area contributed by atoms with Gasteiger partial charge in [-0.1, -0.05) is 29.8 Å². The molecule has 0 spiro atoms. The largest absolute Gasteiger partial charge is 0.391 e. The van der Waals surface area contributed by atoms with Crippen molar-refractivity contribution in [2.45, 2.75) is 32.0 Å². The third kappa shape index (κ3) is 3.96. The van der Waals surface area contributed by atoms with E-state index >= 15 is 0 Å². The van der Waals surface area contributed by atoms with Crippen molar-refractivity contribution in [2.75, 3.05) is 19.6 Å². The molecular formula is C15H21F3N2. The smallest absolute Gasteiger partial charge is 0.323 e. The van der Waals surface area contributed by atoms with Gasteiger partial charge in [-0.2, -0.15) is 13.2 Å². The zero-order chi connectivity index (χ0) is 14.8. The van der Waals surface area contributed by atoms with Gasteiger partial charge in [0.2, 0.25) is 0 Å². The standard InChI is InChI=1S/C15H21F3N2/c1-11-2-4-12(5-3-11)14(19)10-20-8-6-13(7-9-20)15(16,17)18/h2-5,13-14H,6-10,19H2,1H3. The van der Waals surface area contributed by atoms with E-state index in [0.717, 1.165) is 5.56 Å². The van der Waals surface area contributed by atoms with Gasteiger partial charge in [-0.05, 0) is 38.4 Å². The third-order valence-corrected chi connectivity index (χ3v) is 4.01. The first-order valence-corrected chi connectivity index (χ1v) is 6.97. The van der Waals surface area contributed by atoms with Gasteiger partial charge in [-0.3, -0.25) is 0 Å². The van der Waals surface area contributed by atoms with Crippen molar-refractivity contribution in [3.05, 3.63) is 35.4 Å². The highest BCUT2D eigenvalue weighted by Crippen LogP contribution is 2.34. The van der Waals surface area contributed by atoms with E-state index in [9.17, 15) is 13.2 Å². The predicted octanol–water partition coefficient (Wildman–Crippen LogP) is 3.27. The molecule has 0 aliphatic carbocycles. The van der Waals surface area contributed by atoms with Crippen molar-refractivity contribution in [1.82, 2.24) is 4.90 Å². The SMILES string of the molecule is Cc1ccc(C(N)CN2CCC(C(F)(F)F)CC2)cc1. The first kappa shape index (κ1) is 15.3. The van der Waals surface area contributed by atoms with Gasteiger partial charge in [0.25, 0.3) is 0 Å². The second-order valence-corrected chi connectivity index (χ2v) is 5.63. The fourth-order valence-corrected chi connectivity index (χ4v) is 2.64. The Morgan fingerprint density at radius 1 is 1.20 bits per heavy atom. The first-order valence-electron chi connectivity index (χ1n) is 6.97. The van der Waals surface area contributed by atoms with E-state index < -0.39 is 12.1 Å². The molecule has 0 radical (unpaired) electrons. The normalized spacial score (nSPS) is 20.1. The molecule has 0 saturated carbocycles. The lowest BCUT2D eigenvalue weighted by Crippen LogP contribution is -2.41. The molecule has 1 heterocycles. The molecule has 1 aromatic carbocycles. The van der Waals surface area contributed by atoms with Crippen LogP contribution in [0.15, 0.2) is 24.3 Å². The summed E-state index contributed by atoms with van der Waals surface area (Å²) in [6.45, 7) is 3.58. The predicted molar refractivity (Wildman–Crippen MR) is 73.3 cm³/mol. The van der Waals surface area contributed by atoms with Gasteiger partial charge in [-0.15, -0.1) is 0 Å². The molecule has 1 aliphatic heterocycles. The van der Waals surface area contributed by atoms with E-state index in [0.29, 0.717) is 19.6 Å². The summed E-state index contributed by atoms with van der Waals surface area (Å²) in [5, 5.41) is 0. The molecule has 1 atom stereocenters. The van der Waals surface area contributed by atoms with Crippen LogP contribution in [0.4, 0.5) is 13.2 Å². The van der Waals surface area contributed by atoms with E-state index in [1.165, 1.54) is 5.56 Å². The molecular weight excluding hydrogens is 265 g/mol. The van der Waals surface area contributed by atoms with Crippen LogP contribution in [0, 0.1) is 12.8 Å². The highest BCUT2D eigenvalue weighted by Gasteiger charge is 2.41. The Labute approximate surface area is 117 Å².